The van der Waals surface area contributed by atoms with Crippen LogP contribution in [0.3, 0.4) is 0 Å². The van der Waals surface area contributed by atoms with Crippen molar-refractivity contribution >= 4 is 5.78 Å². The van der Waals surface area contributed by atoms with Gasteiger partial charge in [-0.15, -0.1) is 0 Å². The van der Waals surface area contributed by atoms with Crippen molar-refractivity contribution in [2.45, 2.75) is 58.8 Å². The molecule has 0 atom stereocenters. The van der Waals surface area contributed by atoms with Crippen LogP contribution >= 0.6 is 0 Å². The molecule has 2 heteroatoms. The molecule has 2 nitrogen and oxygen atoms in total. The van der Waals surface area contributed by atoms with Gasteiger partial charge in [0, 0.05) is 25.2 Å². The van der Waals surface area contributed by atoms with E-state index in [9.17, 15) is 4.79 Å². The van der Waals surface area contributed by atoms with E-state index in [-0.39, 0.29) is 0 Å². The Hall–Kier alpha value is -1.18. The van der Waals surface area contributed by atoms with Gasteiger partial charge in [0.05, 0.1) is 0 Å². The number of carbonyl (C=O) groups excluding carboxylic acids is 1. The SMILES string of the molecule is CC(C)CCC(=O)CCCCCc1cccnc1. The van der Waals surface area contributed by atoms with Gasteiger partial charge in [0.1, 0.15) is 5.78 Å². The minimum Gasteiger partial charge on any atom is -0.300 e. The lowest BCUT2D eigenvalue weighted by Crippen LogP contribution is -2.00. The molecule has 0 bridgehead atoms. The van der Waals surface area contributed by atoms with E-state index >= 15 is 0 Å². The standard InChI is InChI=1S/C16H25NO/c1-14(2)10-11-16(18)9-5-3-4-7-15-8-6-12-17-13-15/h6,8,12-14H,3-5,7,9-11H2,1-2H3. The Morgan fingerprint density at radius 3 is 2.72 bits per heavy atom. The van der Waals surface area contributed by atoms with Crippen LogP contribution in [0.25, 0.3) is 0 Å². The molecule has 100 valence electrons. The molecule has 1 heterocycles. The second kappa shape index (κ2) is 8.84. The molecule has 0 aliphatic rings. The summed E-state index contributed by atoms with van der Waals surface area (Å²) in [4.78, 5) is 15.7. The molecule has 0 aromatic carbocycles. The molecule has 0 unspecified atom stereocenters. The summed E-state index contributed by atoms with van der Waals surface area (Å²) in [5, 5.41) is 0. The zero-order chi connectivity index (χ0) is 13.2. The van der Waals surface area contributed by atoms with E-state index in [1.807, 2.05) is 12.3 Å². The Balaban J connectivity index is 2.00. The van der Waals surface area contributed by atoms with Gasteiger partial charge >= 0.3 is 0 Å². The predicted molar refractivity (Wildman–Crippen MR) is 75.5 cm³/mol. The number of carbonyl (C=O) groups is 1. The summed E-state index contributed by atoms with van der Waals surface area (Å²) in [6.07, 6.45) is 10.7. The molecule has 0 N–H and O–H groups in total. The first-order valence-electron chi connectivity index (χ1n) is 7.09. The van der Waals surface area contributed by atoms with Crippen LogP contribution in [0, 0.1) is 5.92 Å². The number of aromatic nitrogens is 1. The minimum atomic E-state index is 0.435. The van der Waals surface area contributed by atoms with E-state index < -0.39 is 0 Å². The summed E-state index contributed by atoms with van der Waals surface area (Å²) in [7, 11) is 0. The highest BCUT2D eigenvalue weighted by atomic mass is 16.1. The lowest BCUT2D eigenvalue weighted by Gasteiger charge is -2.04. The Kier molecular flexibility index (Phi) is 7.31. The van der Waals surface area contributed by atoms with Crippen LogP contribution in [0.4, 0.5) is 0 Å². The van der Waals surface area contributed by atoms with E-state index in [4.69, 9.17) is 0 Å². The maximum Gasteiger partial charge on any atom is 0.132 e. The number of ketones is 1. The summed E-state index contributed by atoms with van der Waals surface area (Å²) in [6.45, 7) is 4.34. The number of rotatable bonds is 9. The zero-order valence-corrected chi connectivity index (χ0v) is 11.7. The number of aryl methyl sites for hydroxylation is 1. The van der Waals surface area contributed by atoms with Crippen LogP contribution in [0.15, 0.2) is 24.5 Å². The maximum atomic E-state index is 11.6. The van der Waals surface area contributed by atoms with Crippen molar-refractivity contribution in [2.24, 2.45) is 5.92 Å². The van der Waals surface area contributed by atoms with E-state index in [0.29, 0.717) is 11.7 Å². The molecule has 0 saturated heterocycles. The smallest absolute Gasteiger partial charge is 0.132 e. The van der Waals surface area contributed by atoms with Crippen LogP contribution in [0.1, 0.15) is 57.9 Å². The average molecular weight is 247 g/mol. The topological polar surface area (TPSA) is 30.0 Å². The zero-order valence-electron chi connectivity index (χ0n) is 11.7. The van der Waals surface area contributed by atoms with Crippen molar-refractivity contribution in [1.29, 1.82) is 0 Å². The lowest BCUT2D eigenvalue weighted by molar-refractivity contribution is -0.119. The van der Waals surface area contributed by atoms with Gasteiger partial charge in [0.25, 0.3) is 0 Å². The van der Waals surface area contributed by atoms with E-state index in [0.717, 1.165) is 44.9 Å². The van der Waals surface area contributed by atoms with Crippen molar-refractivity contribution in [3.63, 3.8) is 0 Å². The van der Waals surface area contributed by atoms with Crippen LogP contribution in [-0.4, -0.2) is 10.8 Å². The number of hydrogen-bond acceptors (Lipinski definition) is 2. The van der Waals surface area contributed by atoms with Gasteiger partial charge < -0.3 is 0 Å². The number of nitrogens with zero attached hydrogens (tertiary/aromatic N) is 1. The molecule has 0 aliphatic carbocycles. The highest BCUT2D eigenvalue weighted by Gasteiger charge is 2.03. The van der Waals surface area contributed by atoms with Crippen molar-refractivity contribution in [3.05, 3.63) is 30.1 Å². The lowest BCUT2D eigenvalue weighted by atomic mass is 10.0. The predicted octanol–water partition coefficient (Wildman–Crippen LogP) is 4.19. The Morgan fingerprint density at radius 2 is 2.06 bits per heavy atom. The van der Waals surface area contributed by atoms with Gasteiger partial charge in [0.2, 0.25) is 0 Å². The largest absolute Gasteiger partial charge is 0.300 e. The monoisotopic (exact) mass is 247 g/mol. The quantitative estimate of drug-likeness (QED) is 0.612. The van der Waals surface area contributed by atoms with E-state index in [1.54, 1.807) is 6.20 Å². The van der Waals surface area contributed by atoms with Gasteiger partial charge in [0.15, 0.2) is 0 Å². The van der Waals surface area contributed by atoms with Gasteiger partial charge in [-0.1, -0.05) is 26.3 Å². The van der Waals surface area contributed by atoms with E-state index in [1.165, 1.54) is 5.56 Å². The second-order valence-electron chi connectivity index (χ2n) is 5.39. The van der Waals surface area contributed by atoms with Gasteiger partial charge in [-0.05, 0) is 43.2 Å². The second-order valence-corrected chi connectivity index (χ2v) is 5.39. The van der Waals surface area contributed by atoms with Crippen molar-refractivity contribution in [2.75, 3.05) is 0 Å². The first-order chi connectivity index (χ1) is 8.68. The molecule has 18 heavy (non-hydrogen) atoms. The number of pyridine rings is 1. The molecule has 1 rings (SSSR count). The fourth-order valence-electron chi connectivity index (χ4n) is 1.95. The third-order valence-corrected chi connectivity index (χ3v) is 3.14. The van der Waals surface area contributed by atoms with Gasteiger partial charge in [-0.25, -0.2) is 0 Å². The van der Waals surface area contributed by atoms with Crippen LogP contribution in [-0.2, 0) is 11.2 Å². The average Bonchev–Trinajstić information content (AvgIpc) is 2.37. The highest BCUT2D eigenvalue weighted by Crippen LogP contribution is 2.10. The van der Waals surface area contributed by atoms with Crippen LogP contribution in [0.2, 0.25) is 0 Å². The summed E-state index contributed by atoms with van der Waals surface area (Å²) in [5.74, 6) is 1.07. The normalized spacial score (nSPS) is 10.8. The van der Waals surface area contributed by atoms with Crippen molar-refractivity contribution in [3.8, 4) is 0 Å². The van der Waals surface area contributed by atoms with Crippen molar-refractivity contribution < 1.29 is 4.79 Å². The first-order valence-corrected chi connectivity index (χ1v) is 7.09. The molecule has 0 fully saturated rings. The summed E-state index contributed by atoms with van der Waals surface area (Å²) in [5.41, 5.74) is 1.30. The van der Waals surface area contributed by atoms with Gasteiger partial charge in [-0.3, -0.25) is 9.78 Å². The van der Waals surface area contributed by atoms with Gasteiger partial charge in [-0.2, -0.15) is 0 Å². The highest BCUT2D eigenvalue weighted by molar-refractivity contribution is 5.78. The number of Topliss-reactive ketones (excluding diaryl/α,β-unsaturated/α-hetero) is 1. The summed E-state index contributed by atoms with van der Waals surface area (Å²) in [6, 6.07) is 4.09. The summed E-state index contributed by atoms with van der Waals surface area (Å²) < 4.78 is 0. The van der Waals surface area contributed by atoms with Crippen molar-refractivity contribution in [1.82, 2.24) is 4.98 Å². The molecule has 0 spiro atoms. The fraction of sp³-hybridized carbons (Fsp3) is 0.625. The Labute approximate surface area is 111 Å². The third kappa shape index (κ3) is 7.21. The van der Waals surface area contributed by atoms with E-state index in [2.05, 4.69) is 24.9 Å². The Bertz CT molecular complexity index is 332. The first kappa shape index (κ1) is 14.9. The number of hydrogen-bond donors (Lipinski definition) is 0. The molecule has 0 aliphatic heterocycles. The molecule has 0 amide bonds. The summed E-state index contributed by atoms with van der Waals surface area (Å²) >= 11 is 0. The van der Waals surface area contributed by atoms with Crippen LogP contribution < -0.4 is 0 Å². The Morgan fingerprint density at radius 1 is 1.22 bits per heavy atom. The third-order valence-electron chi connectivity index (χ3n) is 3.14. The fourth-order valence-corrected chi connectivity index (χ4v) is 1.95. The molecule has 0 saturated carbocycles. The molecule has 1 aromatic rings. The molecular formula is C16H25NO. The number of unbranched alkanes of at least 4 members (excludes halogenated alkanes) is 2. The molecule has 1 aromatic heterocycles. The van der Waals surface area contributed by atoms with Crippen LogP contribution in [0.5, 0.6) is 0 Å². The molecular weight excluding hydrogens is 222 g/mol. The maximum absolute atomic E-state index is 11.6. The minimum absolute atomic E-state index is 0.435. The molecule has 0 radical (unpaired) electrons.